The summed E-state index contributed by atoms with van der Waals surface area (Å²) in [5.41, 5.74) is 0. The van der Waals surface area contributed by atoms with E-state index in [-0.39, 0.29) is 18.0 Å². The highest BCUT2D eigenvalue weighted by Gasteiger charge is 2.24. The van der Waals surface area contributed by atoms with Gasteiger partial charge in [-0.2, -0.15) is 4.31 Å². The molecule has 1 aromatic carbocycles. The van der Waals surface area contributed by atoms with Crippen LogP contribution in [0.15, 0.2) is 33.6 Å². The zero-order valence-corrected chi connectivity index (χ0v) is 11.3. The van der Waals surface area contributed by atoms with Crippen molar-refractivity contribution in [2.75, 3.05) is 19.7 Å². The molecule has 0 spiro atoms. The Morgan fingerprint density at radius 1 is 1.38 bits per heavy atom. The van der Waals surface area contributed by atoms with E-state index < -0.39 is 10.0 Å². The molecule has 0 amide bonds. The van der Waals surface area contributed by atoms with Gasteiger partial charge in [-0.05, 0) is 28.1 Å². The summed E-state index contributed by atoms with van der Waals surface area (Å²) < 4.78 is 26.1. The molecule has 0 aliphatic rings. The Labute approximate surface area is 104 Å². The lowest BCUT2D eigenvalue weighted by molar-refractivity contribution is 0.257. The Morgan fingerprint density at radius 2 is 2.00 bits per heavy atom. The molecule has 0 aliphatic heterocycles. The average molecular weight is 308 g/mol. The predicted molar refractivity (Wildman–Crippen MR) is 65.7 cm³/mol. The van der Waals surface area contributed by atoms with Crippen molar-refractivity contribution in [3.05, 3.63) is 28.7 Å². The van der Waals surface area contributed by atoms with Crippen LogP contribution >= 0.6 is 15.9 Å². The van der Waals surface area contributed by atoms with Gasteiger partial charge >= 0.3 is 0 Å². The van der Waals surface area contributed by atoms with Gasteiger partial charge in [-0.25, -0.2) is 8.42 Å². The minimum absolute atomic E-state index is 0.111. The highest BCUT2D eigenvalue weighted by atomic mass is 79.9. The van der Waals surface area contributed by atoms with Crippen molar-refractivity contribution >= 4 is 26.0 Å². The molecule has 0 atom stereocenters. The third-order valence-electron chi connectivity index (χ3n) is 2.16. The minimum Gasteiger partial charge on any atom is -0.395 e. The smallest absolute Gasteiger partial charge is 0.244 e. The first-order valence-corrected chi connectivity index (χ1v) is 7.13. The molecule has 0 aromatic heterocycles. The molecule has 1 rings (SSSR count). The molecule has 90 valence electrons. The van der Waals surface area contributed by atoms with E-state index in [9.17, 15) is 8.42 Å². The predicted octanol–water partition coefficient (Wildman–Crippen LogP) is 1.45. The van der Waals surface area contributed by atoms with Gasteiger partial charge in [0.25, 0.3) is 0 Å². The molecular formula is C10H14BrNO3S. The quantitative estimate of drug-likeness (QED) is 0.896. The van der Waals surface area contributed by atoms with Crippen molar-refractivity contribution in [2.24, 2.45) is 0 Å². The second-order valence-corrected chi connectivity index (χ2v) is 5.91. The highest BCUT2D eigenvalue weighted by Crippen LogP contribution is 2.24. The first kappa shape index (κ1) is 13.6. The SMILES string of the molecule is CCN(CCO)S(=O)(=O)c1ccccc1Br. The van der Waals surface area contributed by atoms with E-state index in [4.69, 9.17) is 5.11 Å². The molecule has 0 heterocycles. The number of rotatable bonds is 5. The number of sulfonamides is 1. The van der Waals surface area contributed by atoms with Gasteiger partial charge in [0.2, 0.25) is 10.0 Å². The van der Waals surface area contributed by atoms with Crippen LogP contribution < -0.4 is 0 Å². The topological polar surface area (TPSA) is 57.6 Å². The fraction of sp³-hybridized carbons (Fsp3) is 0.400. The second kappa shape index (κ2) is 5.77. The Morgan fingerprint density at radius 3 is 2.50 bits per heavy atom. The van der Waals surface area contributed by atoms with Crippen molar-refractivity contribution in [2.45, 2.75) is 11.8 Å². The van der Waals surface area contributed by atoms with E-state index in [1.165, 1.54) is 4.31 Å². The number of aliphatic hydroxyl groups is 1. The fourth-order valence-electron chi connectivity index (χ4n) is 1.35. The van der Waals surface area contributed by atoms with E-state index >= 15 is 0 Å². The van der Waals surface area contributed by atoms with Gasteiger partial charge < -0.3 is 5.11 Å². The minimum atomic E-state index is -3.52. The van der Waals surface area contributed by atoms with Crippen molar-refractivity contribution < 1.29 is 13.5 Å². The van der Waals surface area contributed by atoms with Gasteiger partial charge in [-0.15, -0.1) is 0 Å². The Kier molecular flexibility index (Phi) is 4.91. The van der Waals surface area contributed by atoms with E-state index in [0.717, 1.165) is 0 Å². The molecule has 0 fully saturated rings. The molecule has 0 radical (unpaired) electrons. The standard InChI is InChI=1S/C10H14BrNO3S/c1-2-12(7-8-13)16(14,15)10-6-4-3-5-9(10)11/h3-6,13H,2,7-8H2,1H3. The summed E-state index contributed by atoms with van der Waals surface area (Å²) in [6.07, 6.45) is 0. The van der Waals surface area contributed by atoms with Gasteiger partial charge in [0.05, 0.1) is 11.5 Å². The summed E-state index contributed by atoms with van der Waals surface area (Å²) in [7, 11) is -3.52. The molecule has 16 heavy (non-hydrogen) atoms. The van der Waals surface area contributed by atoms with Gasteiger partial charge in [-0.1, -0.05) is 19.1 Å². The Hall–Kier alpha value is -0.430. The van der Waals surface area contributed by atoms with Crippen LogP contribution in [-0.4, -0.2) is 37.5 Å². The lowest BCUT2D eigenvalue weighted by Crippen LogP contribution is -2.33. The summed E-state index contributed by atoms with van der Waals surface area (Å²) in [5.74, 6) is 0. The zero-order valence-electron chi connectivity index (χ0n) is 8.93. The van der Waals surface area contributed by atoms with E-state index in [1.807, 2.05) is 0 Å². The van der Waals surface area contributed by atoms with Crippen molar-refractivity contribution in [1.82, 2.24) is 4.31 Å². The van der Waals surface area contributed by atoms with Crippen LogP contribution in [0.4, 0.5) is 0 Å². The Bertz CT molecular complexity index is 447. The molecule has 0 saturated heterocycles. The molecule has 0 unspecified atom stereocenters. The summed E-state index contributed by atoms with van der Waals surface area (Å²) in [6.45, 7) is 2.01. The summed E-state index contributed by atoms with van der Waals surface area (Å²) in [5, 5.41) is 8.83. The van der Waals surface area contributed by atoms with Gasteiger partial charge in [0.15, 0.2) is 0 Å². The van der Waals surface area contributed by atoms with Crippen LogP contribution in [0.1, 0.15) is 6.92 Å². The number of hydrogen-bond donors (Lipinski definition) is 1. The maximum absolute atomic E-state index is 12.2. The molecule has 1 aromatic rings. The lowest BCUT2D eigenvalue weighted by atomic mass is 10.4. The number of nitrogens with zero attached hydrogens (tertiary/aromatic N) is 1. The number of hydrogen-bond acceptors (Lipinski definition) is 3. The second-order valence-electron chi connectivity index (χ2n) is 3.15. The monoisotopic (exact) mass is 307 g/mol. The van der Waals surface area contributed by atoms with Crippen LogP contribution in [0.2, 0.25) is 0 Å². The van der Waals surface area contributed by atoms with Gasteiger partial charge in [0, 0.05) is 17.6 Å². The Balaban J connectivity index is 3.15. The summed E-state index contributed by atoms with van der Waals surface area (Å²) >= 11 is 3.21. The first-order valence-electron chi connectivity index (χ1n) is 4.89. The average Bonchev–Trinajstić information content (AvgIpc) is 2.26. The summed E-state index contributed by atoms with van der Waals surface area (Å²) in [6, 6.07) is 6.65. The van der Waals surface area contributed by atoms with E-state index in [0.29, 0.717) is 11.0 Å². The van der Waals surface area contributed by atoms with Crippen molar-refractivity contribution in [3.8, 4) is 0 Å². The van der Waals surface area contributed by atoms with Crippen molar-refractivity contribution in [1.29, 1.82) is 0 Å². The van der Waals surface area contributed by atoms with Crippen LogP contribution in [-0.2, 0) is 10.0 Å². The van der Waals surface area contributed by atoms with Crippen LogP contribution in [0, 0.1) is 0 Å². The molecular weight excluding hydrogens is 294 g/mol. The van der Waals surface area contributed by atoms with Gasteiger partial charge in [-0.3, -0.25) is 0 Å². The van der Waals surface area contributed by atoms with Crippen LogP contribution in [0.25, 0.3) is 0 Å². The van der Waals surface area contributed by atoms with E-state index in [2.05, 4.69) is 15.9 Å². The maximum atomic E-state index is 12.2. The number of benzene rings is 1. The highest BCUT2D eigenvalue weighted by molar-refractivity contribution is 9.10. The van der Waals surface area contributed by atoms with E-state index in [1.54, 1.807) is 31.2 Å². The molecule has 0 saturated carbocycles. The zero-order chi connectivity index (χ0) is 12.2. The number of likely N-dealkylation sites (N-methyl/N-ethyl adjacent to an activating group) is 1. The normalized spacial score (nSPS) is 12.0. The molecule has 0 aliphatic carbocycles. The molecule has 4 nitrogen and oxygen atoms in total. The van der Waals surface area contributed by atoms with Crippen LogP contribution in [0.3, 0.4) is 0 Å². The first-order chi connectivity index (χ1) is 7.54. The fourth-order valence-corrected chi connectivity index (χ4v) is 3.76. The van der Waals surface area contributed by atoms with Crippen LogP contribution in [0.5, 0.6) is 0 Å². The lowest BCUT2D eigenvalue weighted by Gasteiger charge is -2.19. The molecule has 0 bridgehead atoms. The van der Waals surface area contributed by atoms with Crippen molar-refractivity contribution in [3.63, 3.8) is 0 Å². The number of aliphatic hydroxyl groups excluding tert-OH is 1. The molecule has 6 heteroatoms. The maximum Gasteiger partial charge on any atom is 0.244 e. The third-order valence-corrected chi connectivity index (χ3v) is 5.14. The summed E-state index contributed by atoms with van der Waals surface area (Å²) in [4.78, 5) is 0.227. The molecule has 1 N–H and O–H groups in total. The van der Waals surface area contributed by atoms with Gasteiger partial charge in [0.1, 0.15) is 0 Å². The third kappa shape index (κ3) is 2.82. The number of halogens is 1. The largest absolute Gasteiger partial charge is 0.395 e.